The van der Waals surface area contributed by atoms with Gasteiger partial charge in [-0.1, -0.05) is 0 Å². The van der Waals surface area contributed by atoms with Crippen molar-refractivity contribution < 1.29 is 23.5 Å². The van der Waals surface area contributed by atoms with Crippen LogP contribution in [0, 0.1) is 5.82 Å². The monoisotopic (exact) mass is 521 g/mol. The average Bonchev–Trinajstić information content (AvgIpc) is 3.36. The van der Waals surface area contributed by atoms with E-state index in [1.807, 2.05) is 25.7 Å². The summed E-state index contributed by atoms with van der Waals surface area (Å²) in [5, 5.41) is 5.22. The van der Waals surface area contributed by atoms with Crippen LogP contribution < -0.4 is 20.3 Å². The lowest BCUT2D eigenvalue weighted by molar-refractivity contribution is 0.0238. The third kappa shape index (κ3) is 7.12. The largest absolute Gasteiger partial charge is 0.456 e. The molecule has 1 aromatic heterocycles. The van der Waals surface area contributed by atoms with Crippen LogP contribution in [-0.2, 0) is 4.74 Å². The highest BCUT2D eigenvalue weighted by Crippen LogP contribution is 2.27. The van der Waals surface area contributed by atoms with E-state index in [1.54, 1.807) is 66.8 Å². The maximum atomic E-state index is 14.9. The van der Waals surface area contributed by atoms with E-state index < -0.39 is 17.4 Å². The molecule has 0 bridgehead atoms. The first-order valence-electron chi connectivity index (χ1n) is 12.3. The van der Waals surface area contributed by atoms with Crippen molar-refractivity contribution in [3.63, 3.8) is 0 Å². The van der Waals surface area contributed by atoms with Crippen LogP contribution in [0.2, 0.25) is 0 Å². The van der Waals surface area contributed by atoms with Crippen LogP contribution in [0.3, 0.4) is 0 Å². The number of likely N-dealkylation sites (N-methyl/N-ethyl adjacent to an activating group) is 1. The van der Waals surface area contributed by atoms with Crippen LogP contribution in [0.4, 0.5) is 31.0 Å². The van der Waals surface area contributed by atoms with Crippen molar-refractivity contribution >= 4 is 29.2 Å². The summed E-state index contributed by atoms with van der Waals surface area (Å²) >= 11 is 0. The van der Waals surface area contributed by atoms with Crippen LogP contribution in [0.15, 0.2) is 67.0 Å². The van der Waals surface area contributed by atoms with Crippen molar-refractivity contribution in [2.24, 2.45) is 0 Å². The standard InChI is InChI=1S/C28H32FN5O4/c1-28(2,3)38-27(36)33(4)21-13-15-34(18-21)20-9-12-25(24(29)16-20)32-26(35)31-19-7-10-22(11-8-19)37-23-6-5-14-30-17-23/h5-12,14,16-17,21H,13,15,18H2,1-4H3,(H2,31,32,35). The number of rotatable bonds is 6. The smallest absolute Gasteiger partial charge is 0.410 e. The van der Waals surface area contributed by atoms with Gasteiger partial charge in [0.25, 0.3) is 0 Å². The van der Waals surface area contributed by atoms with E-state index in [0.29, 0.717) is 36.0 Å². The Morgan fingerprint density at radius 2 is 1.84 bits per heavy atom. The van der Waals surface area contributed by atoms with Gasteiger partial charge in [0.15, 0.2) is 0 Å². The molecule has 4 rings (SSSR count). The quantitative estimate of drug-likeness (QED) is 0.407. The zero-order chi connectivity index (χ0) is 27.3. The SMILES string of the molecule is CN(C(=O)OC(C)(C)C)C1CCN(c2ccc(NC(=O)Nc3ccc(Oc4cccnc4)cc3)c(F)c2)C1. The first-order valence-corrected chi connectivity index (χ1v) is 12.3. The fraction of sp³-hybridized carbons (Fsp3) is 0.321. The molecule has 2 aromatic carbocycles. The number of hydrogen-bond donors (Lipinski definition) is 2. The second kappa shape index (κ2) is 11.4. The van der Waals surface area contributed by atoms with E-state index in [9.17, 15) is 14.0 Å². The fourth-order valence-electron chi connectivity index (χ4n) is 4.01. The molecular weight excluding hydrogens is 489 g/mol. The Labute approximate surface area is 221 Å². The fourth-order valence-corrected chi connectivity index (χ4v) is 4.01. The molecular formula is C28H32FN5O4. The summed E-state index contributed by atoms with van der Waals surface area (Å²) in [6.07, 6.45) is 3.62. The summed E-state index contributed by atoms with van der Waals surface area (Å²) < 4.78 is 26.0. The minimum Gasteiger partial charge on any atom is -0.456 e. The molecule has 0 saturated carbocycles. The molecule has 0 spiro atoms. The topological polar surface area (TPSA) is 96.0 Å². The summed E-state index contributed by atoms with van der Waals surface area (Å²) in [5.41, 5.74) is 0.692. The summed E-state index contributed by atoms with van der Waals surface area (Å²) in [7, 11) is 1.72. The summed E-state index contributed by atoms with van der Waals surface area (Å²) in [6, 6.07) is 14.4. The number of nitrogens with one attached hydrogen (secondary N) is 2. The lowest BCUT2D eigenvalue weighted by Crippen LogP contribution is -2.42. The third-order valence-corrected chi connectivity index (χ3v) is 5.94. The predicted molar refractivity (Wildman–Crippen MR) is 144 cm³/mol. The number of nitrogens with zero attached hydrogens (tertiary/aromatic N) is 3. The van der Waals surface area contributed by atoms with E-state index in [4.69, 9.17) is 9.47 Å². The molecule has 3 aromatic rings. The van der Waals surface area contributed by atoms with Crippen molar-refractivity contribution in [3.8, 4) is 11.5 Å². The van der Waals surface area contributed by atoms with Gasteiger partial charge in [-0.2, -0.15) is 0 Å². The van der Waals surface area contributed by atoms with Gasteiger partial charge >= 0.3 is 12.1 Å². The van der Waals surface area contributed by atoms with Gasteiger partial charge in [0.1, 0.15) is 22.9 Å². The Morgan fingerprint density at radius 1 is 1.08 bits per heavy atom. The first kappa shape index (κ1) is 26.7. The zero-order valence-corrected chi connectivity index (χ0v) is 21.9. The second-order valence-corrected chi connectivity index (χ2v) is 10.0. The Hall–Kier alpha value is -4.34. The molecule has 1 fully saturated rings. The lowest BCUT2D eigenvalue weighted by atomic mass is 10.2. The van der Waals surface area contributed by atoms with Crippen LogP contribution in [0.5, 0.6) is 11.5 Å². The van der Waals surface area contributed by atoms with Gasteiger partial charge in [-0.15, -0.1) is 0 Å². The van der Waals surface area contributed by atoms with Gasteiger partial charge in [0.05, 0.1) is 17.9 Å². The van der Waals surface area contributed by atoms with Crippen LogP contribution >= 0.6 is 0 Å². The Kier molecular flexibility index (Phi) is 7.99. The van der Waals surface area contributed by atoms with Crippen molar-refractivity contribution in [3.05, 3.63) is 72.8 Å². The Bertz CT molecular complexity index is 1260. The number of aromatic nitrogens is 1. The second-order valence-electron chi connectivity index (χ2n) is 10.0. The Morgan fingerprint density at radius 3 is 2.50 bits per heavy atom. The number of halogens is 1. The molecule has 1 aliphatic rings. The normalized spacial score (nSPS) is 15.1. The van der Waals surface area contributed by atoms with E-state index in [1.165, 1.54) is 12.1 Å². The number of benzene rings is 2. The van der Waals surface area contributed by atoms with Gasteiger partial charge < -0.3 is 29.9 Å². The zero-order valence-electron chi connectivity index (χ0n) is 21.9. The van der Waals surface area contributed by atoms with Crippen molar-refractivity contribution in [2.75, 3.05) is 35.7 Å². The lowest BCUT2D eigenvalue weighted by Gasteiger charge is -2.29. The molecule has 1 aliphatic heterocycles. The maximum Gasteiger partial charge on any atom is 0.410 e. The summed E-state index contributed by atoms with van der Waals surface area (Å²) in [6.45, 7) is 6.71. The molecule has 2 N–H and O–H groups in total. The van der Waals surface area contributed by atoms with Crippen molar-refractivity contribution in [2.45, 2.75) is 38.8 Å². The van der Waals surface area contributed by atoms with E-state index >= 15 is 0 Å². The van der Waals surface area contributed by atoms with Crippen molar-refractivity contribution in [1.82, 2.24) is 9.88 Å². The first-order chi connectivity index (χ1) is 18.1. The molecule has 10 heteroatoms. The molecule has 200 valence electrons. The van der Waals surface area contributed by atoms with Gasteiger partial charge in [0, 0.05) is 37.7 Å². The molecule has 3 amide bonds. The van der Waals surface area contributed by atoms with E-state index in [-0.39, 0.29) is 17.8 Å². The molecule has 9 nitrogen and oxygen atoms in total. The highest BCUT2D eigenvalue weighted by molar-refractivity contribution is 6.00. The average molecular weight is 522 g/mol. The van der Waals surface area contributed by atoms with Crippen LogP contribution in [-0.4, -0.2) is 53.8 Å². The molecule has 0 aliphatic carbocycles. The number of ether oxygens (including phenoxy) is 2. The Balaban J connectivity index is 1.30. The number of urea groups is 1. The van der Waals surface area contributed by atoms with E-state index in [2.05, 4.69) is 15.6 Å². The van der Waals surface area contributed by atoms with Gasteiger partial charge in [-0.05, 0) is 81.8 Å². The maximum absolute atomic E-state index is 14.9. The molecule has 38 heavy (non-hydrogen) atoms. The summed E-state index contributed by atoms with van der Waals surface area (Å²) in [4.78, 5) is 32.4. The van der Waals surface area contributed by atoms with Gasteiger partial charge in [-0.25, -0.2) is 14.0 Å². The van der Waals surface area contributed by atoms with Crippen LogP contribution in [0.1, 0.15) is 27.2 Å². The molecule has 0 radical (unpaired) electrons. The molecule has 2 heterocycles. The molecule has 1 unspecified atom stereocenters. The minimum atomic E-state index is -0.571. The number of anilines is 3. The highest BCUT2D eigenvalue weighted by atomic mass is 19.1. The van der Waals surface area contributed by atoms with Crippen molar-refractivity contribution in [1.29, 1.82) is 0 Å². The molecule has 1 saturated heterocycles. The number of pyridine rings is 1. The van der Waals surface area contributed by atoms with Gasteiger partial charge in [-0.3, -0.25) is 4.98 Å². The number of carbonyl (C=O) groups excluding carboxylic acids is 2. The molecule has 1 atom stereocenters. The number of amides is 3. The summed E-state index contributed by atoms with van der Waals surface area (Å²) in [5.74, 6) is 0.637. The number of hydrogen-bond acceptors (Lipinski definition) is 6. The number of carbonyl (C=O) groups is 2. The third-order valence-electron chi connectivity index (χ3n) is 5.94. The minimum absolute atomic E-state index is 0.0439. The van der Waals surface area contributed by atoms with Crippen LogP contribution in [0.25, 0.3) is 0 Å². The highest BCUT2D eigenvalue weighted by Gasteiger charge is 2.31. The van der Waals surface area contributed by atoms with E-state index in [0.717, 1.165) is 6.42 Å². The predicted octanol–water partition coefficient (Wildman–Crippen LogP) is 6.10. The van der Waals surface area contributed by atoms with Gasteiger partial charge in [0.2, 0.25) is 0 Å².